The quantitative estimate of drug-likeness (QED) is 0.447. The van der Waals surface area contributed by atoms with Crippen LogP contribution in [0.2, 0.25) is 0 Å². The van der Waals surface area contributed by atoms with E-state index in [1.54, 1.807) is 18.2 Å². The Morgan fingerprint density at radius 2 is 2.07 bits per heavy atom. The van der Waals surface area contributed by atoms with Gasteiger partial charge in [-0.2, -0.15) is 5.10 Å². The van der Waals surface area contributed by atoms with Gasteiger partial charge in [-0.3, -0.25) is 9.89 Å². The van der Waals surface area contributed by atoms with Crippen molar-refractivity contribution >= 4 is 38.2 Å². The number of hydrogen-bond donors (Lipinski definition) is 2. The number of aromatic nitrogens is 2. The molecule has 2 aromatic carbocycles. The number of benzene rings is 2. The van der Waals surface area contributed by atoms with Crippen molar-refractivity contribution in [1.82, 2.24) is 15.5 Å². The third-order valence-electron chi connectivity index (χ3n) is 4.57. The summed E-state index contributed by atoms with van der Waals surface area (Å²) in [6.07, 6.45) is 1.52. The second kappa shape index (κ2) is 6.61. The number of nitrogens with one attached hydrogen (secondary N) is 2. The molecule has 0 bridgehead atoms. The highest BCUT2D eigenvalue weighted by atomic mass is 32.1. The van der Waals surface area contributed by atoms with Crippen LogP contribution in [0.5, 0.6) is 0 Å². The predicted octanol–water partition coefficient (Wildman–Crippen LogP) is 5.11. The molecule has 0 spiro atoms. The number of hydrogen-bond acceptors (Lipinski definition) is 4. The number of H-pyrrole nitrogens is 1. The minimum Gasteiger partial charge on any atom is -0.467 e. The van der Waals surface area contributed by atoms with Crippen LogP contribution in [0.25, 0.3) is 31.6 Å². The summed E-state index contributed by atoms with van der Waals surface area (Å²) in [5, 5.41) is 11.2. The van der Waals surface area contributed by atoms with Gasteiger partial charge in [-0.15, -0.1) is 11.3 Å². The Morgan fingerprint density at radius 1 is 1.18 bits per heavy atom. The first-order valence-electron chi connectivity index (χ1n) is 8.67. The van der Waals surface area contributed by atoms with E-state index in [9.17, 15) is 4.79 Å². The lowest BCUT2D eigenvalue weighted by atomic mass is 10.1. The van der Waals surface area contributed by atoms with Crippen molar-refractivity contribution in [3.8, 4) is 10.6 Å². The molecule has 5 aromatic rings. The monoisotopic (exact) mass is 391 g/mol. The molecule has 0 atom stereocenters. The molecule has 0 aliphatic rings. The molecule has 5 rings (SSSR count). The van der Waals surface area contributed by atoms with E-state index in [4.69, 9.17) is 4.42 Å². The Morgan fingerprint density at radius 3 is 2.89 bits per heavy atom. The van der Waals surface area contributed by atoms with Crippen LogP contribution in [-0.4, -0.2) is 16.1 Å². The lowest BCUT2D eigenvalue weighted by molar-refractivity contribution is 0.0944. The van der Waals surface area contributed by atoms with Crippen LogP contribution in [0.4, 0.5) is 4.39 Å². The van der Waals surface area contributed by atoms with E-state index in [1.807, 2.05) is 30.3 Å². The van der Waals surface area contributed by atoms with Crippen LogP contribution in [0, 0.1) is 5.82 Å². The third-order valence-corrected chi connectivity index (χ3v) is 5.70. The van der Waals surface area contributed by atoms with E-state index in [2.05, 4.69) is 15.5 Å². The van der Waals surface area contributed by atoms with Crippen LogP contribution in [-0.2, 0) is 6.54 Å². The van der Waals surface area contributed by atoms with Crippen molar-refractivity contribution in [3.05, 3.63) is 78.0 Å². The van der Waals surface area contributed by atoms with Gasteiger partial charge in [-0.1, -0.05) is 18.2 Å². The highest BCUT2D eigenvalue weighted by Gasteiger charge is 2.20. The molecule has 0 saturated carbocycles. The minimum atomic E-state index is -0.587. The first kappa shape index (κ1) is 16.7. The SMILES string of the molecule is O=C(NCc1ccco1)c1ccc2[nH]nc(-c3cc4ccccc4s3)c2c1F. The van der Waals surface area contributed by atoms with E-state index in [0.29, 0.717) is 22.4 Å². The Bertz CT molecular complexity index is 1270. The molecule has 0 unspecified atom stereocenters. The predicted molar refractivity (Wildman–Crippen MR) is 107 cm³/mol. The fraction of sp³-hybridized carbons (Fsp3) is 0.0476. The Labute approximate surface area is 162 Å². The van der Waals surface area contributed by atoms with E-state index < -0.39 is 11.7 Å². The maximum atomic E-state index is 15.3. The summed E-state index contributed by atoms with van der Waals surface area (Å²) < 4.78 is 21.6. The van der Waals surface area contributed by atoms with Gasteiger partial charge in [-0.05, 0) is 41.8 Å². The third kappa shape index (κ3) is 2.76. The summed E-state index contributed by atoms with van der Waals surface area (Å²) >= 11 is 1.54. The average Bonchev–Trinajstić information content (AvgIpc) is 3.44. The number of nitrogens with zero attached hydrogens (tertiary/aromatic N) is 1. The summed E-state index contributed by atoms with van der Waals surface area (Å²) in [6.45, 7) is 0.192. The standard InChI is InChI=1S/C21H14FN3O2S/c22-19-14(21(26)23-11-13-5-3-9-27-13)7-8-15-18(19)20(25-24-15)17-10-12-4-1-2-6-16(12)28-17/h1-10H,11H2,(H,23,26)(H,24,25). The Hall–Kier alpha value is -3.45. The van der Waals surface area contributed by atoms with Gasteiger partial charge in [-0.25, -0.2) is 4.39 Å². The number of furan rings is 1. The first-order valence-corrected chi connectivity index (χ1v) is 9.48. The van der Waals surface area contributed by atoms with Gasteiger partial charge in [0.05, 0.1) is 34.2 Å². The van der Waals surface area contributed by atoms with E-state index in [0.717, 1.165) is 15.0 Å². The van der Waals surface area contributed by atoms with Gasteiger partial charge in [0.2, 0.25) is 0 Å². The number of halogens is 1. The molecule has 0 saturated heterocycles. The van der Waals surface area contributed by atoms with E-state index >= 15 is 4.39 Å². The van der Waals surface area contributed by atoms with Crippen molar-refractivity contribution in [2.45, 2.75) is 6.54 Å². The van der Waals surface area contributed by atoms with Crippen molar-refractivity contribution in [1.29, 1.82) is 0 Å². The van der Waals surface area contributed by atoms with Gasteiger partial charge < -0.3 is 9.73 Å². The summed E-state index contributed by atoms with van der Waals surface area (Å²) in [5.41, 5.74) is 1.03. The number of rotatable bonds is 4. The lowest BCUT2D eigenvalue weighted by Crippen LogP contribution is -2.23. The van der Waals surface area contributed by atoms with E-state index in [1.165, 1.54) is 23.7 Å². The molecule has 3 heterocycles. The summed E-state index contributed by atoms with van der Waals surface area (Å²) in [5.74, 6) is -0.487. The molecule has 3 aromatic heterocycles. The maximum Gasteiger partial charge on any atom is 0.254 e. The average molecular weight is 391 g/mol. The zero-order valence-electron chi connectivity index (χ0n) is 14.5. The largest absolute Gasteiger partial charge is 0.467 e. The van der Waals surface area contributed by atoms with Crippen molar-refractivity contribution in [3.63, 3.8) is 0 Å². The number of carbonyl (C=O) groups excluding carboxylic acids is 1. The van der Waals surface area contributed by atoms with Crippen molar-refractivity contribution < 1.29 is 13.6 Å². The number of thiophene rings is 1. The number of amides is 1. The van der Waals surface area contributed by atoms with Gasteiger partial charge in [0, 0.05) is 4.70 Å². The lowest BCUT2D eigenvalue weighted by Gasteiger charge is -2.06. The number of fused-ring (bicyclic) bond motifs is 2. The van der Waals surface area contributed by atoms with Crippen LogP contribution in [0.1, 0.15) is 16.1 Å². The van der Waals surface area contributed by atoms with Crippen LogP contribution < -0.4 is 5.32 Å². The van der Waals surface area contributed by atoms with Gasteiger partial charge in [0.1, 0.15) is 17.3 Å². The summed E-state index contributed by atoms with van der Waals surface area (Å²) in [6, 6.07) is 16.5. The fourth-order valence-electron chi connectivity index (χ4n) is 3.20. The molecule has 0 aliphatic carbocycles. The van der Waals surface area contributed by atoms with Crippen LogP contribution >= 0.6 is 11.3 Å². The van der Waals surface area contributed by atoms with Crippen molar-refractivity contribution in [2.75, 3.05) is 0 Å². The second-order valence-electron chi connectivity index (χ2n) is 6.33. The number of aromatic amines is 1. The molecular weight excluding hydrogens is 377 g/mol. The normalized spacial score (nSPS) is 11.3. The molecule has 5 nitrogen and oxygen atoms in total. The van der Waals surface area contributed by atoms with Crippen LogP contribution in [0.15, 0.2) is 65.3 Å². The number of carbonyl (C=O) groups is 1. The highest BCUT2D eigenvalue weighted by Crippen LogP contribution is 2.37. The Kier molecular flexibility index (Phi) is 3.95. The second-order valence-corrected chi connectivity index (χ2v) is 7.42. The maximum absolute atomic E-state index is 15.3. The molecule has 28 heavy (non-hydrogen) atoms. The molecule has 7 heteroatoms. The molecule has 2 N–H and O–H groups in total. The van der Waals surface area contributed by atoms with Gasteiger partial charge >= 0.3 is 0 Å². The molecule has 138 valence electrons. The van der Waals surface area contributed by atoms with Gasteiger partial charge in [0.15, 0.2) is 0 Å². The van der Waals surface area contributed by atoms with Crippen LogP contribution in [0.3, 0.4) is 0 Å². The zero-order chi connectivity index (χ0) is 19.1. The molecule has 0 fully saturated rings. The first-order chi connectivity index (χ1) is 13.7. The minimum absolute atomic E-state index is 0.0252. The summed E-state index contributed by atoms with van der Waals surface area (Å²) in [7, 11) is 0. The van der Waals surface area contributed by atoms with E-state index in [-0.39, 0.29) is 12.1 Å². The molecule has 1 amide bonds. The topological polar surface area (TPSA) is 70.9 Å². The molecule has 0 radical (unpaired) electrons. The zero-order valence-corrected chi connectivity index (χ0v) is 15.3. The fourth-order valence-corrected chi connectivity index (χ4v) is 4.26. The smallest absolute Gasteiger partial charge is 0.254 e. The van der Waals surface area contributed by atoms with Gasteiger partial charge in [0.25, 0.3) is 5.91 Å². The highest BCUT2D eigenvalue weighted by molar-refractivity contribution is 7.22. The Balaban J connectivity index is 1.55. The van der Waals surface area contributed by atoms with Crippen molar-refractivity contribution in [2.24, 2.45) is 0 Å². The molecule has 0 aliphatic heterocycles. The molecular formula is C21H14FN3O2S. The summed E-state index contributed by atoms with van der Waals surface area (Å²) in [4.78, 5) is 13.3.